The maximum atomic E-state index is 15.0. The van der Waals surface area contributed by atoms with Gasteiger partial charge in [0.25, 0.3) is 0 Å². The molecule has 0 spiro atoms. The van der Waals surface area contributed by atoms with Crippen LogP contribution in [-0.2, 0) is 60.9 Å². The molecule has 0 aromatic heterocycles. The first-order chi connectivity index (χ1) is 36.0. The molecule has 0 fully saturated rings. The maximum Gasteiger partial charge on any atom is 0.326 e. The number of carbonyl (C=O) groups excluding carboxylic acids is 5. The van der Waals surface area contributed by atoms with E-state index in [1.807, 2.05) is 170 Å². The molecule has 5 atom stereocenters. The van der Waals surface area contributed by atoms with Crippen molar-refractivity contribution in [2.75, 3.05) is 6.61 Å². The first-order valence-electron chi connectivity index (χ1n) is 25.3. The first-order valence-corrected chi connectivity index (χ1v) is 25.3. The molecule has 74 heavy (non-hydrogen) atoms. The van der Waals surface area contributed by atoms with Gasteiger partial charge in [0.05, 0.1) is 6.04 Å². The lowest BCUT2D eigenvalue weighted by Crippen LogP contribution is -2.54. The number of benzene rings is 7. The Hall–Kier alpha value is -8.44. The van der Waals surface area contributed by atoms with Gasteiger partial charge in [0, 0.05) is 31.1 Å². The topological polar surface area (TPSA) is 168 Å². The van der Waals surface area contributed by atoms with Crippen LogP contribution in [0.5, 0.6) is 5.75 Å². The van der Waals surface area contributed by atoms with Crippen molar-refractivity contribution in [3.8, 4) is 28.0 Å². The van der Waals surface area contributed by atoms with E-state index in [9.17, 15) is 33.9 Å². The van der Waals surface area contributed by atoms with Crippen molar-refractivity contribution in [3.05, 3.63) is 222 Å². The third kappa shape index (κ3) is 15.1. The van der Waals surface area contributed by atoms with Crippen molar-refractivity contribution in [3.63, 3.8) is 0 Å². The number of carboxylic acids is 1. The zero-order valence-electron chi connectivity index (χ0n) is 41.2. The summed E-state index contributed by atoms with van der Waals surface area (Å²) in [6, 6.07) is 57.5. The van der Waals surface area contributed by atoms with Crippen molar-refractivity contribution in [1.82, 2.24) is 16.0 Å². The molecule has 7 aromatic carbocycles. The number of Topliss-reactive ketones (excluding diaryl/α,β-unsaturated/α-hetero) is 2. The SMILES string of the molecule is O=C1COc2ccc(cc2)C[C@@H](C(=O)N[C@H](CCc2ccccc2)C(=O)O)CC(=O)[C@H](CCc2ccccc2)NC(=O)[C@@H](Cc2ccc(-c3ccccc3)cc2)NC(=O)[C@H](Cc2ccc(-c3ccccc3)cc2)C1. The minimum Gasteiger partial charge on any atom is -0.486 e. The fraction of sp³-hybridized carbons (Fsp3) is 0.238. The van der Waals surface area contributed by atoms with Gasteiger partial charge in [-0.2, -0.15) is 0 Å². The molecule has 376 valence electrons. The number of carboxylic acid groups (broad SMARTS) is 1. The second-order valence-electron chi connectivity index (χ2n) is 19.0. The van der Waals surface area contributed by atoms with Crippen LogP contribution in [0.15, 0.2) is 194 Å². The molecule has 2 aliphatic rings. The molecule has 4 N–H and O–H groups in total. The van der Waals surface area contributed by atoms with Crippen molar-refractivity contribution < 1.29 is 38.6 Å². The quantitative estimate of drug-likeness (QED) is 0.0789. The van der Waals surface area contributed by atoms with Crippen LogP contribution in [0, 0.1) is 11.8 Å². The number of rotatable bonds is 15. The molecule has 0 aliphatic carbocycles. The largest absolute Gasteiger partial charge is 0.486 e. The molecule has 3 amide bonds. The molecule has 0 radical (unpaired) electrons. The number of carbonyl (C=O) groups is 6. The summed E-state index contributed by atoms with van der Waals surface area (Å²) in [5.74, 6) is -5.25. The van der Waals surface area contributed by atoms with Crippen LogP contribution in [-0.4, -0.2) is 65.1 Å². The summed E-state index contributed by atoms with van der Waals surface area (Å²) in [6.07, 6.45) is 0.903. The maximum absolute atomic E-state index is 15.0. The number of ether oxygens (including phenoxy) is 1. The Bertz CT molecular complexity index is 2970. The highest BCUT2D eigenvalue weighted by molar-refractivity contribution is 5.96. The van der Waals surface area contributed by atoms with Gasteiger partial charge in [-0.3, -0.25) is 24.0 Å². The van der Waals surface area contributed by atoms with Gasteiger partial charge in [-0.15, -0.1) is 0 Å². The molecular formula is C63H61N3O8. The van der Waals surface area contributed by atoms with E-state index >= 15 is 0 Å². The third-order valence-corrected chi connectivity index (χ3v) is 13.6. The highest BCUT2D eigenvalue weighted by Gasteiger charge is 2.34. The van der Waals surface area contributed by atoms with Crippen molar-refractivity contribution in [1.29, 1.82) is 0 Å². The molecule has 11 nitrogen and oxygen atoms in total. The zero-order valence-corrected chi connectivity index (χ0v) is 41.2. The van der Waals surface area contributed by atoms with Crippen LogP contribution in [0.4, 0.5) is 0 Å². The first kappa shape index (κ1) is 51.9. The van der Waals surface area contributed by atoms with Crippen molar-refractivity contribution >= 4 is 35.3 Å². The van der Waals surface area contributed by atoms with E-state index in [2.05, 4.69) is 16.0 Å². The Balaban J connectivity index is 1.11. The Labute approximate surface area is 432 Å². The fourth-order valence-electron chi connectivity index (χ4n) is 9.40. The van der Waals surface area contributed by atoms with Crippen LogP contribution < -0.4 is 20.7 Å². The van der Waals surface area contributed by atoms with Gasteiger partial charge in [0.15, 0.2) is 11.6 Å². The van der Waals surface area contributed by atoms with Crippen LogP contribution in [0.2, 0.25) is 0 Å². The molecule has 0 saturated carbocycles. The molecule has 2 aliphatic heterocycles. The molecule has 2 bridgehead atoms. The normalized spacial score (nSPS) is 18.1. The predicted octanol–water partition coefficient (Wildman–Crippen LogP) is 9.40. The third-order valence-electron chi connectivity index (χ3n) is 13.6. The van der Waals surface area contributed by atoms with Gasteiger partial charge in [0.2, 0.25) is 17.7 Å². The molecule has 7 aromatic rings. The second kappa shape index (κ2) is 25.8. The van der Waals surface area contributed by atoms with E-state index in [1.54, 1.807) is 24.3 Å². The number of fused-ring (bicyclic) bond motifs is 16. The van der Waals surface area contributed by atoms with Crippen molar-refractivity contribution in [2.24, 2.45) is 11.8 Å². The summed E-state index contributed by atoms with van der Waals surface area (Å²) in [6.45, 7) is -0.323. The molecule has 9 rings (SSSR count). The van der Waals surface area contributed by atoms with Gasteiger partial charge in [-0.1, -0.05) is 182 Å². The summed E-state index contributed by atoms with van der Waals surface area (Å²) in [4.78, 5) is 85.4. The molecule has 0 saturated heterocycles. The smallest absolute Gasteiger partial charge is 0.326 e. The molecule has 11 heteroatoms. The minimum atomic E-state index is -1.24. The highest BCUT2D eigenvalue weighted by atomic mass is 16.5. The molecular weight excluding hydrogens is 927 g/mol. The average molecular weight is 988 g/mol. The standard InChI is InChI=1S/C63H61N3O8/c67-54-40-52(37-45-21-29-50(30-22-45)48-17-9-3-10-18-48)60(69)66-58(39-47-23-31-51(32-24-47)49-19-11-4-12-20-49)62(71)64-56(35-27-43-13-5-1-6-14-43)59(68)41-53(38-46-25-33-55(34-26-46)74-42-54)61(70)65-57(63(72)73)36-28-44-15-7-2-8-16-44/h1-26,29-34,52-53,56-58H,27-28,35-42H2,(H,64,71)(H,65,70)(H,66,69)(H,72,73)/t52-,53-,56+,57-,58-/m1/s1. The summed E-state index contributed by atoms with van der Waals surface area (Å²) >= 11 is 0. The number of aryl methyl sites for hydroxylation is 2. The van der Waals surface area contributed by atoms with E-state index in [-0.39, 0.29) is 57.3 Å². The summed E-state index contributed by atoms with van der Waals surface area (Å²) in [5, 5.41) is 19.0. The van der Waals surface area contributed by atoms with Gasteiger partial charge in [-0.05, 0) is 101 Å². The van der Waals surface area contributed by atoms with Gasteiger partial charge >= 0.3 is 5.97 Å². The predicted molar refractivity (Wildman–Crippen MR) is 286 cm³/mol. The van der Waals surface area contributed by atoms with Crippen LogP contribution in [0.1, 0.15) is 53.5 Å². The van der Waals surface area contributed by atoms with Gasteiger partial charge < -0.3 is 25.8 Å². The summed E-state index contributed by atoms with van der Waals surface area (Å²) in [5.41, 5.74) is 8.09. The summed E-state index contributed by atoms with van der Waals surface area (Å²) < 4.78 is 5.96. The number of nitrogens with one attached hydrogen (secondary N) is 3. The number of ketones is 2. The molecule has 0 unspecified atom stereocenters. The lowest BCUT2D eigenvalue weighted by Gasteiger charge is -2.26. The lowest BCUT2D eigenvalue weighted by molar-refractivity contribution is -0.143. The number of aliphatic carboxylic acids is 1. The van der Waals surface area contributed by atoms with E-state index in [0.29, 0.717) is 24.2 Å². The van der Waals surface area contributed by atoms with Crippen molar-refractivity contribution in [2.45, 2.75) is 75.9 Å². The van der Waals surface area contributed by atoms with E-state index in [0.717, 1.165) is 44.5 Å². The number of hydrogen-bond acceptors (Lipinski definition) is 7. The Morgan fingerprint density at radius 1 is 0.527 bits per heavy atom. The number of amides is 3. The summed E-state index contributed by atoms with van der Waals surface area (Å²) in [7, 11) is 0. The highest BCUT2D eigenvalue weighted by Crippen LogP contribution is 2.25. The Morgan fingerprint density at radius 2 is 1.03 bits per heavy atom. The Kier molecular flexibility index (Phi) is 18.1. The minimum absolute atomic E-state index is 0.0559. The monoisotopic (exact) mass is 987 g/mol. The van der Waals surface area contributed by atoms with E-state index in [1.165, 1.54) is 0 Å². The van der Waals surface area contributed by atoms with Crippen LogP contribution in [0.25, 0.3) is 22.3 Å². The van der Waals surface area contributed by atoms with Crippen LogP contribution in [0.3, 0.4) is 0 Å². The molecule has 2 heterocycles. The average Bonchev–Trinajstić information content (AvgIpc) is 3.43. The Morgan fingerprint density at radius 3 is 1.58 bits per heavy atom. The van der Waals surface area contributed by atoms with Crippen LogP contribution >= 0.6 is 0 Å². The number of hydrogen-bond donors (Lipinski definition) is 4. The zero-order chi connectivity index (χ0) is 51.7. The van der Waals surface area contributed by atoms with E-state index < -0.39 is 59.4 Å². The van der Waals surface area contributed by atoms with Gasteiger partial charge in [0.1, 0.15) is 24.4 Å². The lowest BCUT2D eigenvalue weighted by atomic mass is 9.89. The fourth-order valence-corrected chi connectivity index (χ4v) is 9.40. The van der Waals surface area contributed by atoms with E-state index in [4.69, 9.17) is 4.74 Å². The van der Waals surface area contributed by atoms with Gasteiger partial charge in [-0.25, -0.2) is 4.79 Å². The second-order valence-corrected chi connectivity index (χ2v) is 19.0.